The summed E-state index contributed by atoms with van der Waals surface area (Å²) in [6.07, 6.45) is 1.59. The van der Waals surface area contributed by atoms with E-state index in [0.29, 0.717) is 19.8 Å². The van der Waals surface area contributed by atoms with Crippen LogP contribution in [-0.4, -0.2) is 40.0 Å². The number of aliphatic hydroxyl groups excluding tert-OH is 1. The Kier molecular flexibility index (Phi) is 8.27. The maximum Gasteiger partial charge on any atom is 0.338 e. The van der Waals surface area contributed by atoms with Gasteiger partial charge >= 0.3 is 8.56 Å². The van der Waals surface area contributed by atoms with Crippen LogP contribution in [0.5, 0.6) is 0 Å². The van der Waals surface area contributed by atoms with Crippen molar-refractivity contribution in [3.8, 4) is 0 Å². The fraction of sp³-hybridized carbons (Fsp3) is 1.00. The van der Waals surface area contributed by atoms with Gasteiger partial charge in [-0.25, -0.2) is 0 Å². The van der Waals surface area contributed by atoms with Gasteiger partial charge in [0.1, 0.15) is 0 Å². The van der Waals surface area contributed by atoms with Gasteiger partial charge < -0.3 is 19.7 Å². The molecule has 0 rings (SSSR count). The van der Waals surface area contributed by atoms with Gasteiger partial charge in [-0.1, -0.05) is 0 Å². The highest BCUT2D eigenvalue weighted by Crippen LogP contribution is 2.30. The quantitative estimate of drug-likeness (QED) is 0.590. The predicted molar refractivity (Wildman–Crippen MR) is 64.0 cm³/mol. The second kappa shape index (κ2) is 8.24. The lowest BCUT2D eigenvalue weighted by Gasteiger charge is -2.33. The van der Waals surface area contributed by atoms with Gasteiger partial charge in [0.25, 0.3) is 0 Å². The van der Waals surface area contributed by atoms with Crippen molar-refractivity contribution >= 4 is 8.56 Å². The summed E-state index contributed by atoms with van der Waals surface area (Å²) < 4.78 is 11.6. The molecule has 0 saturated carbocycles. The summed E-state index contributed by atoms with van der Waals surface area (Å²) in [5, 5.41) is 9.03. The third kappa shape index (κ3) is 5.08. The first-order valence-corrected chi connectivity index (χ1v) is 8.12. The maximum atomic E-state index is 9.03. The Morgan fingerprint density at radius 3 is 2.07 bits per heavy atom. The normalized spacial score (nSPS) is 14.2. The first-order chi connectivity index (χ1) is 7.14. The predicted octanol–water partition coefficient (Wildman–Crippen LogP) is 1.23. The van der Waals surface area contributed by atoms with Crippen molar-refractivity contribution < 1.29 is 14.0 Å². The Morgan fingerprint density at radius 1 is 1.20 bits per heavy atom. The van der Waals surface area contributed by atoms with Crippen molar-refractivity contribution in [1.82, 2.24) is 0 Å². The van der Waals surface area contributed by atoms with Gasteiger partial charge in [0.15, 0.2) is 0 Å². The maximum absolute atomic E-state index is 9.03. The van der Waals surface area contributed by atoms with E-state index in [0.717, 1.165) is 12.8 Å². The third-order valence-electron chi connectivity index (χ3n) is 2.60. The van der Waals surface area contributed by atoms with Crippen molar-refractivity contribution in [3.05, 3.63) is 0 Å². The molecule has 15 heavy (non-hydrogen) atoms. The van der Waals surface area contributed by atoms with Crippen LogP contribution in [-0.2, 0) is 8.85 Å². The fourth-order valence-electron chi connectivity index (χ4n) is 1.88. The molecule has 0 fully saturated rings. The van der Waals surface area contributed by atoms with Crippen LogP contribution in [0.1, 0.15) is 26.7 Å². The highest BCUT2D eigenvalue weighted by molar-refractivity contribution is 6.67. The van der Waals surface area contributed by atoms with Gasteiger partial charge in [0, 0.05) is 25.4 Å². The summed E-state index contributed by atoms with van der Waals surface area (Å²) in [4.78, 5) is 0. The molecule has 92 valence electrons. The zero-order valence-corrected chi connectivity index (χ0v) is 11.2. The standard InChI is InChI=1S/C10H25NO3Si/c1-4-13-15(3,14-5-2)10(6-8-11)7-9-12/h10,12H,4-9,11H2,1-3H3. The molecule has 0 aliphatic heterocycles. The van der Waals surface area contributed by atoms with Gasteiger partial charge in [-0.15, -0.1) is 0 Å². The fourth-order valence-corrected chi connectivity index (χ4v) is 4.92. The average molecular weight is 235 g/mol. The highest BCUT2D eigenvalue weighted by Gasteiger charge is 2.39. The minimum atomic E-state index is -2.16. The van der Waals surface area contributed by atoms with Crippen molar-refractivity contribution in [3.63, 3.8) is 0 Å². The van der Waals surface area contributed by atoms with E-state index in [1.165, 1.54) is 0 Å². The lowest BCUT2D eigenvalue weighted by Crippen LogP contribution is -2.45. The molecular formula is C10H25NO3Si. The van der Waals surface area contributed by atoms with Crippen molar-refractivity contribution in [1.29, 1.82) is 0 Å². The van der Waals surface area contributed by atoms with Crippen LogP contribution in [0.3, 0.4) is 0 Å². The molecule has 0 aromatic rings. The van der Waals surface area contributed by atoms with Gasteiger partial charge in [-0.05, 0) is 39.8 Å². The number of hydrogen-bond donors (Lipinski definition) is 2. The molecule has 0 aromatic heterocycles. The summed E-state index contributed by atoms with van der Waals surface area (Å²) >= 11 is 0. The molecule has 4 nitrogen and oxygen atoms in total. The molecule has 5 heteroatoms. The number of hydrogen-bond acceptors (Lipinski definition) is 4. The lowest BCUT2D eigenvalue weighted by atomic mass is 10.2. The SMILES string of the molecule is CCO[Si](C)(OCC)C(CCN)CCO. The van der Waals surface area contributed by atoms with Crippen LogP contribution in [0, 0.1) is 0 Å². The smallest absolute Gasteiger partial charge is 0.338 e. The van der Waals surface area contributed by atoms with E-state index in [9.17, 15) is 0 Å². The lowest BCUT2D eigenvalue weighted by molar-refractivity contribution is 0.168. The topological polar surface area (TPSA) is 64.7 Å². The minimum absolute atomic E-state index is 0.174. The van der Waals surface area contributed by atoms with E-state index in [1.54, 1.807) is 0 Å². The highest BCUT2D eigenvalue weighted by atomic mass is 28.4. The number of rotatable bonds is 9. The molecule has 1 unspecified atom stereocenters. The van der Waals surface area contributed by atoms with Crippen LogP contribution in [0.15, 0.2) is 0 Å². The zero-order chi connectivity index (χ0) is 11.7. The van der Waals surface area contributed by atoms with Gasteiger partial charge in [0.05, 0.1) is 0 Å². The molecule has 1 atom stereocenters. The molecule has 0 spiro atoms. The molecule has 0 heterocycles. The second-order valence-corrected chi connectivity index (χ2v) is 7.09. The van der Waals surface area contributed by atoms with E-state index in [1.807, 2.05) is 13.8 Å². The third-order valence-corrected chi connectivity index (χ3v) is 6.38. The van der Waals surface area contributed by atoms with Gasteiger partial charge in [-0.3, -0.25) is 0 Å². The molecule has 0 aromatic carbocycles. The summed E-state index contributed by atoms with van der Waals surface area (Å²) in [6, 6.07) is 0. The van der Waals surface area contributed by atoms with Crippen molar-refractivity contribution in [2.75, 3.05) is 26.4 Å². The second-order valence-electron chi connectivity index (χ2n) is 3.67. The Bertz CT molecular complexity index is 146. The average Bonchev–Trinajstić information content (AvgIpc) is 2.18. The number of nitrogens with two attached hydrogens (primary N) is 1. The first kappa shape index (κ1) is 15.1. The molecule has 0 aliphatic rings. The van der Waals surface area contributed by atoms with E-state index < -0.39 is 8.56 Å². The molecule has 0 saturated heterocycles. The largest absolute Gasteiger partial charge is 0.396 e. The van der Waals surface area contributed by atoms with Crippen LogP contribution in [0.4, 0.5) is 0 Å². The Balaban J connectivity index is 4.48. The van der Waals surface area contributed by atoms with E-state index >= 15 is 0 Å². The van der Waals surface area contributed by atoms with Crippen molar-refractivity contribution in [2.24, 2.45) is 5.73 Å². The number of aliphatic hydroxyl groups is 1. The zero-order valence-electron chi connectivity index (χ0n) is 10.2. The Hall–Kier alpha value is 0.0569. The van der Waals surface area contributed by atoms with Crippen LogP contribution >= 0.6 is 0 Å². The Labute approximate surface area is 94.0 Å². The van der Waals surface area contributed by atoms with E-state index in [-0.39, 0.29) is 12.1 Å². The molecule has 0 bridgehead atoms. The van der Waals surface area contributed by atoms with Gasteiger partial charge in [-0.2, -0.15) is 0 Å². The van der Waals surface area contributed by atoms with Crippen LogP contribution in [0.25, 0.3) is 0 Å². The Morgan fingerprint density at radius 2 is 1.73 bits per heavy atom. The summed E-state index contributed by atoms with van der Waals surface area (Å²) in [6.45, 7) is 8.13. The van der Waals surface area contributed by atoms with Crippen LogP contribution < -0.4 is 5.73 Å². The molecule has 0 radical (unpaired) electrons. The summed E-state index contributed by atoms with van der Waals surface area (Å²) in [7, 11) is -2.16. The minimum Gasteiger partial charge on any atom is -0.396 e. The summed E-state index contributed by atoms with van der Waals surface area (Å²) in [5.41, 5.74) is 5.86. The van der Waals surface area contributed by atoms with Crippen LogP contribution in [0.2, 0.25) is 12.1 Å². The van der Waals surface area contributed by atoms with E-state index in [4.69, 9.17) is 19.7 Å². The molecule has 0 aliphatic carbocycles. The first-order valence-electron chi connectivity index (χ1n) is 5.73. The molecule has 3 N–H and O–H groups in total. The van der Waals surface area contributed by atoms with E-state index in [2.05, 4.69) is 6.55 Å². The molecule has 0 amide bonds. The monoisotopic (exact) mass is 235 g/mol. The van der Waals surface area contributed by atoms with Gasteiger partial charge in [0.2, 0.25) is 0 Å². The van der Waals surface area contributed by atoms with Crippen molar-refractivity contribution in [2.45, 2.75) is 38.8 Å². The summed E-state index contributed by atoms with van der Waals surface area (Å²) in [5.74, 6) is 0. The molecular weight excluding hydrogens is 210 g/mol.